The Morgan fingerprint density at radius 1 is 1.05 bits per heavy atom. The zero-order valence-corrected chi connectivity index (χ0v) is 10.8. The van der Waals surface area contributed by atoms with Gasteiger partial charge < -0.3 is 10.8 Å². The van der Waals surface area contributed by atoms with Gasteiger partial charge in [0.1, 0.15) is 5.82 Å². The number of benzene rings is 2. The molecule has 102 valence electrons. The van der Waals surface area contributed by atoms with E-state index in [4.69, 9.17) is 22.4 Å². The molecule has 1 amide bonds. The van der Waals surface area contributed by atoms with Gasteiger partial charge in [-0.25, -0.2) is 9.18 Å². The SMILES string of the molecule is NC(=O)c1cc(-c2ccc(C(=O)O)c(F)c2)ccc1Cl. The minimum absolute atomic E-state index is 0.117. The van der Waals surface area contributed by atoms with Crippen LogP contribution in [0.15, 0.2) is 36.4 Å². The quantitative estimate of drug-likeness (QED) is 0.913. The third-order valence-corrected chi connectivity index (χ3v) is 3.09. The number of amides is 1. The Balaban J connectivity index is 2.52. The largest absolute Gasteiger partial charge is 0.478 e. The molecule has 0 aromatic heterocycles. The van der Waals surface area contributed by atoms with Crippen molar-refractivity contribution in [2.24, 2.45) is 5.73 Å². The van der Waals surface area contributed by atoms with Gasteiger partial charge >= 0.3 is 5.97 Å². The normalized spacial score (nSPS) is 10.3. The van der Waals surface area contributed by atoms with E-state index in [0.717, 1.165) is 12.1 Å². The maximum Gasteiger partial charge on any atom is 0.338 e. The van der Waals surface area contributed by atoms with Crippen LogP contribution in [0.25, 0.3) is 11.1 Å². The van der Waals surface area contributed by atoms with Crippen molar-refractivity contribution in [3.63, 3.8) is 0 Å². The van der Waals surface area contributed by atoms with Crippen molar-refractivity contribution in [1.29, 1.82) is 0 Å². The number of carbonyl (C=O) groups is 2. The Bertz CT molecular complexity index is 716. The van der Waals surface area contributed by atoms with Gasteiger partial charge in [-0.3, -0.25) is 4.79 Å². The molecule has 2 rings (SSSR count). The van der Waals surface area contributed by atoms with Crippen molar-refractivity contribution >= 4 is 23.5 Å². The van der Waals surface area contributed by atoms with E-state index in [2.05, 4.69) is 0 Å². The molecule has 2 aromatic rings. The molecule has 0 atom stereocenters. The fraction of sp³-hybridized carbons (Fsp3) is 0. The molecule has 0 heterocycles. The van der Waals surface area contributed by atoms with Gasteiger partial charge in [0, 0.05) is 0 Å². The molecule has 0 fully saturated rings. The molecule has 0 radical (unpaired) electrons. The molecule has 4 nitrogen and oxygen atoms in total. The molecule has 3 N–H and O–H groups in total. The molecular formula is C14H9ClFNO3. The molecule has 2 aromatic carbocycles. The lowest BCUT2D eigenvalue weighted by atomic mass is 10.0. The summed E-state index contributed by atoms with van der Waals surface area (Å²) in [4.78, 5) is 21.9. The summed E-state index contributed by atoms with van der Waals surface area (Å²) >= 11 is 5.82. The van der Waals surface area contributed by atoms with E-state index in [0.29, 0.717) is 11.1 Å². The van der Waals surface area contributed by atoms with E-state index in [9.17, 15) is 14.0 Å². The Kier molecular flexibility index (Phi) is 3.72. The summed E-state index contributed by atoms with van der Waals surface area (Å²) in [6.45, 7) is 0. The molecule has 0 spiro atoms. The summed E-state index contributed by atoms with van der Waals surface area (Å²) in [5.41, 5.74) is 5.81. The van der Waals surface area contributed by atoms with Crippen molar-refractivity contribution in [1.82, 2.24) is 0 Å². The lowest BCUT2D eigenvalue weighted by Gasteiger charge is -2.06. The number of carbonyl (C=O) groups excluding carboxylic acids is 1. The van der Waals surface area contributed by atoms with Crippen LogP contribution < -0.4 is 5.73 Å². The number of primary amides is 1. The second-order valence-corrected chi connectivity index (χ2v) is 4.47. The van der Waals surface area contributed by atoms with Crippen LogP contribution in [0.3, 0.4) is 0 Å². The third kappa shape index (κ3) is 2.62. The fourth-order valence-corrected chi connectivity index (χ4v) is 1.97. The van der Waals surface area contributed by atoms with Gasteiger partial charge in [-0.2, -0.15) is 0 Å². The molecule has 20 heavy (non-hydrogen) atoms. The van der Waals surface area contributed by atoms with Gasteiger partial charge in [0.2, 0.25) is 5.91 Å². The summed E-state index contributed by atoms with van der Waals surface area (Å²) in [6.07, 6.45) is 0. The average molecular weight is 294 g/mol. The van der Waals surface area contributed by atoms with E-state index >= 15 is 0 Å². The zero-order valence-electron chi connectivity index (χ0n) is 10.1. The number of carboxylic acids is 1. The molecule has 0 aliphatic carbocycles. The molecule has 0 bridgehead atoms. The molecule has 0 unspecified atom stereocenters. The Morgan fingerprint density at radius 3 is 2.20 bits per heavy atom. The number of nitrogens with two attached hydrogens (primary N) is 1. The topological polar surface area (TPSA) is 80.4 Å². The van der Waals surface area contributed by atoms with Crippen LogP contribution in [-0.4, -0.2) is 17.0 Å². The summed E-state index contributed by atoms with van der Waals surface area (Å²) in [5.74, 6) is -2.90. The maximum absolute atomic E-state index is 13.6. The van der Waals surface area contributed by atoms with Crippen LogP contribution in [-0.2, 0) is 0 Å². The van der Waals surface area contributed by atoms with Crippen LogP contribution in [0.5, 0.6) is 0 Å². The van der Waals surface area contributed by atoms with Gasteiger partial charge in [0.05, 0.1) is 16.1 Å². The lowest BCUT2D eigenvalue weighted by molar-refractivity contribution is 0.0691. The second kappa shape index (κ2) is 5.30. The first-order valence-electron chi connectivity index (χ1n) is 5.52. The highest BCUT2D eigenvalue weighted by Gasteiger charge is 2.13. The smallest absolute Gasteiger partial charge is 0.338 e. The van der Waals surface area contributed by atoms with Crippen molar-refractivity contribution in [2.45, 2.75) is 0 Å². The van der Waals surface area contributed by atoms with E-state index < -0.39 is 23.3 Å². The zero-order chi connectivity index (χ0) is 14.9. The monoisotopic (exact) mass is 293 g/mol. The van der Waals surface area contributed by atoms with E-state index in [1.165, 1.54) is 18.2 Å². The van der Waals surface area contributed by atoms with E-state index in [-0.39, 0.29) is 10.6 Å². The van der Waals surface area contributed by atoms with Gasteiger partial charge in [-0.1, -0.05) is 23.7 Å². The number of hydrogen-bond acceptors (Lipinski definition) is 2. The van der Waals surface area contributed by atoms with Crippen LogP contribution in [0.1, 0.15) is 20.7 Å². The summed E-state index contributed by atoms with van der Waals surface area (Å²) < 4.78 is 13.6. The predicted molar refractivity (Wildman–Crippen MR) is 72.3 cm³/mol. The van der Waals surface area contributed by atoms with Crippen LogP contribution >= 0.6 is 11.6 Å². The molecular weight excluding hydrogens is 285 g/mol. The third-order valence-electron chi connectivity index (χ3n) is 2.76. The van der Waals surface area contributed by atoms with Crippen molar-refractivity contribution in [3.05, 3.63) is 58.4 Å². The number of hydrogen-bond donors (Lipinski definition) is 2. The highest BCUT2D eigenvalue weighted by atomic mass is 35.5. The minimum atomic E-state index is -1.34. The fourth-order valence-electron chi connectivity index (χ4n) is 1.76. The highest BCUT2D eigenvalue weighted by molar-refractivity contribution is 6.33. The van der Waals surface area contributed by atoms with Crippen LogP contribution in [0, 0.1) is 5.82 Å². The average Bonchev–Trinajstić information content (AvgIpc) is 2.38. The molecule has 6 heteroatoms. The summed E-state index contributed by atoms with van der Waals surface area (Å²) in [5, 5.41) is 8.96. The lowest BCUT2D eigenvalue weighted by Crippen LogP contribution is -2.11. The molecule has 0 aliphatic heterocycles. The van der Waals surface area contributed by atoms with Gasteiger partial charge in [-0.05, 0) is 35.4 Å². The van der Waals surface area contributed by atoms with Crippen LogP contribution in [0.4, 0.5) is 4.39 Å². The van der Waals surface area contributed by atoms with Crippen molar-refractivity contribution in [3.8, 4) is 11.1 Å². The predicted octanol–water partition coefficient (Wildman–Crippen LogP) is 2.94. The van der Waals surface area contributed by atoms with E-state index in [1.807, 2.05) is 0 Å². The first-order chi connectivity index (χ1) is 9.40. The van der Waals surface area contributed by atoms with Gasteiger partial charge in [0.25, 0.3) is 0 Å². The molecule has 0 aliphatic rings. The van der Waals surface area contributed by atoms with Crippen molar-refractivity contribution < 1.29 is 19.1 Å². The highest BCUT2D eigenvalue weighted by Crippen LogP contribution is 2.26. The number of aromatic carboxylic acids is 1. The van der Waals surface area contributed by atoms with E-state index in [1.54, 1.807) is 6.07 Å². The van der Waals surface area contributed by atoms with Gasteiger partial charge in [0.15, 0.2) is 0 Å². The minimum Gasteiger partial charge on any atom is -0.478 e. The summed E-state index contributed by atoms with van der Waals surface area (Å²) in [6, 6.07) is 8.17. The standard InChI is InChI=1S/C14H9ClFNO3/c15-11-4-2-7(5-10(11)13(17)18)8-1-3-9(14(19)20)12(16)6-8/h1-6H,(H2,17,18)(H,19,20). The molecule has 0 saturated carbocycles. The Hall–Kier alpha value is -2.40. The first kappa shape index (κ1) is 14.0. The summed E-state index contributed by atoms with van der Waals surface area (Å²) in [7, 11) is 0. The van der Waals surface area contributed by atoms with Gasteiger partial charge in [-0.15, -0.1) is 0 Å². The van der Waals surface area contributed by atoms with Crippen LogP contribution in [0.2, 0.25) is 5.02 Å². The number of rotatable bonds is 3. The maximum atomic E-state index is 13.6. The number of carboxylic acid groups (broad SMARTS) is 1. The van der Waals surface area contributed by atoms with Crippen molar-refractivity contribution in [2.75, 3.05) is 0 Å². The number of halogens is 2. The first-order valence-corrected chi connectivity index (χ1v) is 5.90. The Labute approximate surface area is 118 Å². The Morgan fingerprint density at radius 2 is 1.65 bits per heavy atom. The second-order valence-electron chi connectivity index (χ2n) is 4.06. The molecule has 0 saturated heterocycles.